The highest BCUT2D eigenvalue weighted by Gasteiger charge is 2.30. The summed E-state index contributed by atoms with van der Waals surface area (Å²) in [6, 6.07) is 13.8. The molecule has 1 unspecified atom stereocenters. The molecule has 0 saturated carbocycles. The van der Waals surface area contributed by atoms with Gasteiger partial charge in [0, 0.05) is 18.5 Å². The van der Waals surface area contributed by atoms with E-state index < -0.39 is 9.84 Å². The number of rotatable bonds is 4. The number of carbonyl (C=O) groups excluding carboxylic acids is 1. The minimum absolute atomic E-state index is 0.000929. The van der Waals surface area contributed by atoms with E-state index in [1.807, 2.05) is 24.3 Å². The zero-order valence-electron chi connectivity index (χ0n) is 14.8. The predicted octanol–water partition coefficient (Wildman–Crippen LogP) is 3.47. The summed E-state index contributed by atoms with van der Waals surface area (Å²) in [5.74, 6) is 0.778. The Morgan fingerprint density at radius 2 is 1.92 bits per heavy atom. The summed E-state index contributed by atoms with van der Waals surface area (Å²) in [5.41, 5.74) is 1.53. The van der Waals surface area contributed by atoms with Gasteiger partial charge in [0.2, 0.25) is 0 Å². The number of amides is 2. The Morgan fingerprint density at radius 3 is 2.58 bits per heavy atom. The first-order chi connectivity index (χ1) is 12.4. The van der Waals surface area contributed by atoms with Crippen LogP contribution in [0.5, 0.6) is 5.75 Å². The van der Waals surface area contributed by atoms with Crippen LogP contribution < -0.4 is 10.1 Å². The van der Waals surface area contributed by atoms with Gasteiger partial charge in [-0.2, -0.15) is 0 Å². The number of nitrogens with zero attached hydrogens (tertiary/aromatic N) is 1. The highest BCUT2D eigenvalue weighted by Crippen LogP contribution is 2.33. The van der Waals surface area contributed by atoms with Crippen molar-refractivity contribution in [2.45, 2.75) is 23.8 Å². The van der Waals surface area contributed by atoms with E-state index >= 15 is 0 Å². The molecular weight excluding hydrogens is 352 g/mol. The molecule has 2 aromatic rings. The number of sulfone groups is 1. The maximum atomic E-state index is 12.7. The van der Waals surface area contributed by atoms with Crippen LogP contribution >= 0.6 is 0 Å². The van der Waals surface area contributed by atoms with E-state index in [4.69, 9.17) is 4.74 Å². The molecule has 1 saturated heterocycles. The van der Waals surface area contributed by atoms with Gasteiger partial charge in [0.15, 0.2) is 9.84 Å². The molecule has 0 aliphatic carbocycles. The lowest BCUT2D eigenvalue weighted by atomic mass is 10.0. The van der Waals surface area contributed by atoms with Crippen molar-refractivity contribution >= 4 is 21.6 Å². The molecule has 0 spiro atoms. The first kappa shape index (κ1) is 18.3. The van der Waals surface area contributed by atoms with Crippen LogP contribution in [0.25, 0.3) is 0 Å². The number of carbonyl (C=O) groups is 1. The van der Waals surface area contributed by atoms with Gasteiger partial charge in [0.05, 0.1) is 18.0 Å². The molecule has 3 rings (SSSR count). The summed E-state index contributed by atoms with van der Waals surface area (Å²) < 4.78 is 28.5. The largest absolute Gasteiger partial charge is 0.497 e. The van der Waals surface area contributed by atoms with Crippen molar-refractivity contribution in [2.24, 2.45) is 0 Å². The van der Waals surface area contributed by atoms with Gasteiger partial charge >= 0.3 is 6.03 Å². The smallest absolute Gasteiger partial charge is 0.322 e. The van der Waals surface area contributed by atoms with E-state index in [0.717, 1.165) is 30.4 Å². The molecule has 0 radical (unpaired) electrons. The zero-order valence-corrected chi connectivity index (χ0v) is 15.6. The second-order valence-electron chi connectivity index (χ2n) is 6.35. The van der Waals surface area contributed by atoms with Crippen molar-refractivity contribution in [3.63, 3.8) is 0 Å². The summed E-state index contributed by atoms with van der Waals surface area (Å²) in [7, 11) is -1.70. The minimum atomic E-state index is -3.32. The third kappa shape index (κ3) is 3.99. The Bertz CT molecular complexity index is 894. The van der Waals surface area contributed by atoms with E-state index in [-0.39, 0.29) is 17.0 Å². The Morgan fingerprint density at radius 1 is 1.19 bits per heavy atom. The molecule has 26 heavy (non-hydrogen) atoms. The Balaban J connectivity index is 1.76. The van der Waals surface area contributed by atoms with E-state index in [0.29, 0.717) is 12.2 Å². The normalized spacial score (nSPS) is 17.2. The van der Waals surface area contributed by atoms with Gasteiger partial charge in [-0.3, -0.25) is 0 Å². The van der Waals surface area contributed by atoms with Crippen LogP contribution in [0, 0.1) is 0 Å². The number of hydrogen-bond donors (Lipinski definition) is 1. The molecule has 0 bridgehead atoms. The first-order valence-corrected chi connectivity index (χ1v) is 10.3. The van der Waals surface area contributed by atoms with Crippen LogP contribution in [-0.2, 0) is 9.84 Å². The van der Waals surface area contributed by atoms with Crippen molar-refractivity contribution in [1.29, 1.82) is 0 Å². The SMILES string of the molecule is COc1ccc(C2CCCN2C(=O)Nc2cccc(S(C)(=O)=O)c2)cc1. The quantitative estimate of drug-likeness (QED) is 0.889. The Kier molecular flexibility index (Phi) is 5.18. The molecule has 7 heteroatoms. The highest BCUT2D eigenvalue weighted by molar-refractivity contribution is 7.90. The lowest BCUT2D eigenvalue weighted by molar-refractivity contribution is 0.207. The van der Waals surface area contributed by atoms with Gasteiger partial charge in [-0.25, -0.2) is 13.2 Å². The molecule has 1 fully saturated rings. The molecule has 1 atom stereocenters. The maximum absolute atomic E-state index is 12.7. The van der Waals surface area contributed by atoms with Crippen LogP contribution in [0.15, 0.2) is 53.4 Å². The number of methoxy groups -OCH3 is 1. The first-order valence-electron chi connectivity index (χ1n) is 8.40. The zero-order chi connectivity index (χ0) is 18.7. The average Bonchev–Trinajstić information content (AvgIpc) is 3.11. The van der Waals surface area contributed by atoms with Gasteiger partial charge in [-0.05, 0) is 48.7 Å². The topological polar surface area (TPSA) is 75.7 Å². The maximum Gasteiger partial charge on any atom is 0.322 e. The van der Waals surface area contributed by atoms with E-state index in [2.05, 4.69) is 5.32 Å². The molecule has 1 heterocycles. The highest BCUT2D eigenvalue weighted by atomic mass is 32.2. The fourth-order valence-electron chi connectivity index (χ4n) is 3.18. The second-order valence-corrected chi connectivity index (χ2v) is 8.37. The van der Waals surface area contributed by atoms with Crippen molar-refractivity contribution < 1.29 is 17.9 Å². The number of likely N-dealkylation sites (tertiary alicyclic amines) is 1. The number of nitrogens with one attached hydrogen (secondary N) is 1. The second kappa shape index (κ2) is 7.37. The van der Waals surface area contributed by atoms with Crippen LogP contribution in [0.1, 0.15) is 24.4 Å². The summed E-state index contributed by atoms with van der Waals surface area (Å²) >= 11 is 0. The van der Waals surface area contributed by atoms with Crippen LogP contribution in [0.2, 0.25) is 0 Å². The number of hydrogen-bond acceptors (Lipinski definition) is 4. The fraction of sp³-hybridized carbons (Fsp3) is 0.316. The molecular formula is C19H22N2O4S. The average molecular weight is 374 g/mol. The van der Waals surface area contributed by atoms with Crippen LogP contribution in [0.3, 0.4) is 0 Å². The van der Waals surface area contributed by atoms with Gasteiger partial charge < -0.3 is 15.0 Å². The molecule has 2 aromatic carbocycles. The molecule has 0 aromatic heterocycles. The summed E-state index contributed by atoms with van der Waals surface area (Å²) in [6.45, 7) is 0.661. The third-order valence-corrected chi connectivity index (χ3v) is 5.64. The standard InChI is InChI=1S/C19H22N2O4S/c1-25-16-10-8-14(9-11-16)18-7-4-12-21(18)19(22)20-15-5-3-6-17(13-15)26(2,23)24/h3,5-6,8-11,13,18H,4,7,12H2,1-2H3,(H,20,22). The number of urea groups is 1. The monoisotopic (exact) mass is 374 g/mol. The molecule has 1 aliphatic heterocycles. The Labute approximate surface area is 153 Å². The fourth-order valence-corrected chi connectivity index (χ4v) is 3.85. The van der Waals surface area contributed by atoms with E-state index in [1.54, 1.807) is 24.1 Å². The van der Waals surface area contributed by atoms with E-state index in [9.17, 15) is 13.2 Å². The van der Waals surface area contributed by atoms with Crippen molar-refractivity contribution in [1.82, 2.24) is 4.90 Å². The number of ether oxygens (including phenoxy) is 1. The van der Waals surface area contributed by atoms with Crippen molar-refractivity contribution in [3.8, 4) is 5.75 Å². The van der Waals surface area contributed by atoms with Crippen LogP contribution in [-0.4, -0.2) is 39.3 Å². The number of benzene rings is 2. The van der Waals surface area contributed by atoms with Gasteiger partial charge in [-0.15, -0.1) is 0 Å². The van der Waals surface area contributed by atoms with Crippen molar-refractivity contribution in [2.75, 3.05) is 25.2 Å². The van der Waals surface area contributed by atoms with Gasteiger partial charge in [0.25, 0.3) is 0 Å². The predicted molar refractivity (Wildman–Crippen MR) is 100 cm³/mol. The molecule has 138 valence electrons. The summed E-state index contributed by atoms with van der Waals surface area (Å²) in [4.78, 5) is 14.7. The molecule has 2 amide bonds. The lowest BCUT2D eigenvalue weighted by Gasteiger charge is -2.25. The lowest BCUT2D eigenvalue weighted by Crippen LogP contribution is -2.34. The van der Waals surface area contributed by atoms with E-state index in [1.165, 1.54) is 12.1 Å². The van der Waals surface area contributed by atoms with Gasteiger partial charge in [0.1, 0.15) is 5.75 Å². The Hall–Kier alpha value is -2.54. The number of anilines is 1. The van der Waals surface area contributed by atoms with Gasteiger partial charge in [-0.1, -0.05) is 18.2 Å². The molecule has 1 N–H and O–H groups in total. The summed E-state index contributed by atoms with van der Waals surface area (Å²) in [5, 5.41) is 2.82. The van der Waals surface area contributed by atoms with Crippen molar-refractivity contribution in [3.05, 3.63) is 54.1 Å². The minimum Gasteiger partial charge on any atom is -0.497 e. The third-order valence-electron chi connectivity index (χ3n) is 4.53. The molecule has 6 nitrogen and oxygen atoms in total. The van der Waals surface area contributed by atoms with Crippen LogP contribution in [0.4, 0.5) is 10.5 Å². The summed E-state index contributed by atoms with van der Waals surface area (Å²) in [6.07, 6.45) is 2.96. The molecule has 1 aliphatic rings.